The predicted molar refractivity (Wildman–Crippen MR) is 87.3 cm³/mol. The number of rotatable bonds is 8. The molecule has 0 aliphatic carbocycles. The number of amides is 3. The summed E-state index contributed by atoms with van der Waals surface area (Å²) in [6.45, 7) is 0.359. The van der Waals surface area contributed by atoms with E-state index < -0.39 is 17.9 Å². The summed E-state index contributed by atoms with van der Waals surface area (Å²) in [7, 11) is 0. The number of carbonyl (C=O) groups excluding carboxylic acids is 4. The third-order valence-corrected chi connectivity index (χ3v) is 3.78. The van der Waals surface area contributed by atoms with Crippen LogP contribution >= 0.6 is 0 Å². The summed E-state index contributed by atoms with van der Waals surface area (Å²) in [6, 6.07) is 3.80. The molecule has 1 unspecified atom stereocenters. The van der Waals surface area contributed by atoms with Gasteiger partial charge in [0.15, 0.2) is 6.29 Å². The van der Waals surface area contributed by atoms with E-state index in [0.29, 0.717) is 25.7 Å². The number of hydrogen-bond acceptors (Lipinski definition) is 6. The molecule has 1 aliphatic rings. The van der Waals surface area contributed by atoms with E-state index >= 15 is 0 Å². The van der Waals surface area contributed by atoms with Crippen LogP contribution in [0.2, 0.25) is 0 Å². The number of nitrogens with one attached hydrogen (secondary N) is 2. The van der Waals surface area contributed by atoms with Gasteiger partial charge in [-0.3, -0.25) is 24.5 Å². The maximum Gasteiger partial charge on any atom is 0.252 e. The van der Waals surface area contributed by atoms with Crippen LogP contribution in [0.5, 0.6) is 5.75 Å². The highest BCUT2D eigenvalue weighted by atomic mass is 16.5. The standard InChI is InChI=1S/C17H20N2O6/c20-8-1-2-9-25-14-5-3-4-11(12(14)10-21)16(23)18-13-6-7-15(22)19-17(13)24/h3-5,10,13,20H,1-2,6-9H2,(H,18,23)(H,19,22,24). The number of carbonyl (C=O) groups is 4. The third kappa shape index (κ3) is 4.87. The second-order valence-corrected chi connectivity index (χ2v) is 5.59. The zero-order valence-corrected chi connectivity index (χ0v) is 13.6. The fourth-order valence-electron chi connectivity index (χ4n) is 2.45. The van der Waals surface area contributed by atoms with E-state index in [-0.39, 0.29) is 42.2 Å². The topological polar surface area (TPSA) is 122 Å². The number of hydrogen-bond donors (Lipinski definition) is 3. The van der Waals surface area contributed by atoms with Crippen LogP contribution in [0.25, 0.3) is 0 Å². The zero-order valence-electron chi connectivity index (χ0n) is 13.6. The van der Waals surface area contributed by atoms with Gasteiger partial charge in [-0.15, -0.1) is 0 Å². The van der Waals surface area contributed by atoms with Crippen molar-refractivity contribution in [3.8, 4) is 5.75 Å². The molecule has 2 rings (SSSR count). The second kappa shape index (κ2) is 8.93. The minimum Gasteiger partial charge on any atom is -0.493 e. The number of ether oxygens (including phenoxy) is 1. The summed E-state index contributed by atoms with van der Waals surface area (Å²) in [5.74, 6) is -1.25. The molecule has 1 saturated heterocycles. The zero-order chi connectivity index (χ0) is 18.2. The Labute approximate surface area is 144 Å². The Morgan fingerprint density at radius 3 is 2.84 bits per heavy atom. The molecule has 8 heteroatoms. The largest absolute Gasteiger partial charge is 0.493 e. The fourth-order valence-corrected chi connectivity index (χ4v) is 2.45. The molecular formula is C17H20N2O6. The lowest BCUT2D eigenvalue weighted by molar-refractivity contribution is -0.134. The molecular weight excluding hydrogens is 328 g/mol. The van der Waals surface area contributed by atoms with E-state index in [4.69, 9.17) is 9.84 Å². The monoisotopic (exact) mass is 348 g/mol. The van der Waals surface area contributed by atoms with Crippen molar-refractivity contribution in [3.05, 3.63) is 29.3 Å². The van der Waals surface area contributed by atoms with Crippen molar-refractivity contribution in [3.63, 3.8) is 0 Å². The van der Waals surface area contributed by atoms with E-state index in [9.17, 15) is 19.2 Å². The maximum absolute atomic E-state index is 12.4. The number of imide groups is 1. The van der Waals surface area contributed by atoms with Crippen molar-refractivity contribution in [2.24, 2.45) is 0 Å². The highest BCUT2D eigenvalue weighted by molar-refractivity contribution is 6.06. The van der Waals surface area contributed by atoms with Gasteiger partial charge in [0.25, 0.3) is 5.91 Å². The SMILES string of the molecule is O=Cc1c(OCCCCO)cccc1C(=O)NC1CCC(=O)NC1=O. The number of aliphatic hydroxyl groups is 1. The minimum atomic E-state index is -0.821. The molecule has 8 nitrogen and oxygen atoms in total. The molecule has 0 aromatic heterocycles. The number of piperidine rings is 1. The maximum atomic E-state index is 12.4. The first-order valence-corrected chi connectivity index (χ1v) is 8.03. The molecule has 3 amide bonds. The molecule has 0 saturated carbocycles. The normalized spacial score (nSPS) is 16.9. The average Bonchev–Trinajstić information content (AvgIpc) is 2.60. The molecule has 1 heterocycles. The predicted octanol–water partition coefficient (Wildman–Crippen LogP) is 0.185. The molecule has 0 spiro atoms. The van der Waals surface area contributed by atoms with E-state index in [1.807, 2.05) is 0 Å². The van der Waals surface area contributed by atoms with Gasteiger partial charge in [-0.1, -0.05) is 6.07 Å². The fraction of sp³-hybridized carbons (Fsp3) is 0.412. The van der Waals surface area contributed by atoms with Crippen molar-refractivity contribution >= 4 is 24.0 Å². The number of unbranched alkanes of at least 4 members (excludes halogenated alkanes) is 1. The van der Waals surface area contributed by atoms with Crippen molar-refractivity contribution in [1.29, 1.82) is 0 Å². The highest BCUT2D eigenvalue weighted by Gasteiger charge is 2.29. The van der Waals surface area contributed by atoms with Crippen molar-refractivity contribution in [1.82, 2.24) is 10.6 Å². The summed E-state index contributed by atoms with van der Waals surface area (Å²) in [5, 5.41) is 13.4. The third-order valence-electron chi connectivity index (χ3n) is 3.78. The molecule has 1 fully saturated rings. The lowest BCUT2D eigenvalue weighted by Crippen LogP contribution is -2.52. The second-order valence-electron chi connectivity index (χ2n) is 5.59. The summed E-state index contributed by atoms with van der Waals surface area (Å²) >= 11 is 0. The molecule has 1 aromatic rings. The van der Waals surface area contributed by atoms with Crippen LogP contribution in [-0.2, 0) is 9.59 Å². The quantitative estimate of drug-likeness (QED) is 0.350. The van der Waals surface area contributed by atoms with Gasteiger partial charge in [-0.2, -0.15) is 0 Å². The van der Waals surface area contributed by atoms with Crippen LogP contribution < -0.4 is 15.4 Å². The summed E-state index contributed by atoms with van der Waals surface area (Å²) in [5.41, 5.74) is 0.190. The van der Waals surface area contributed by atoms with Crippen molar-refractivity contribution in [2.75, 3.05) is 13.2 Å². The van der Waals surface area contributed by atoms with Gasteiger partial charge in [-0.05, 0) is 31.4 Å². The van der Waals surface area contributed by atoms with Gasteiger partial charge in [0.05, 0.1) is 17.7 Å². The van der Waals surface area contributed by atoms with Crippen LogP contribution in [0.15, 0.2) is 18.2 Å². The van der Waals surface area contributed by atoms with Gasteiger partial charge < -0.3 is 15.2 Å². The first-order valence-electron chi connectivity index (χ1n) is 8.03. The first-order chi connectivity index (χ1) is 12.1. The van der Waals surface area contributed by atoms with Crippen LogP contribution in [0, 0.1) is 0 Å². The van der Waals surface area contributed by atoms with Crippen molar-refractivity contribution in [2.45, 2.75) is 31.7 Å². The first kappa shape index (κ1) is 18.6. The summed E-state index contributed by atoms with van der Waals surface area (Å²) < 4.78 is 5.50. The summed E-state index contributed by atoms with van der Waals surface area (Å²) in [6.07, 6.45) is 2.07. The smallest absolute Gasteiger partial charge is 0.252 e. The summed E-state index contributed by atoms with van der Waals surface area (Å²) in [4.78, 5) is 46.7. The average molecular weight is 348 g/mol. The molecule has 1 atom stereocenters. The minimum absolute atomic E-state index is 0.0539. The number of benzene rings is 1. The Bertz CT molecular complexity index is 673. The number of aldehydes is 1. The van der Waals surface area contributed by atoms with Crippen LogP contribution in [0.1, 0.15) is 46.4 Å². The molecule has 25 heavy (non-hydrogen) atoms. The van der Waals surface area contributed by atoms with Crippen LogP contribution in [0.3, 0.4) is 0 Å². The Morgan fingerprint density at radius 1 is 1.36 bits per heavy atom. The highest BCUT2D eigenvalue weighted by Crippen LogP contribution is 2.21. The van der Waals surface area contributed by atoms with E-state index in [2.05, 4.69) is 10.6 Å². The Kier molecular flexibility index (Phi) is 6.64. The van der Waals surface area contributed by atoms with E-state index in [0.717, 1.165) is 0 Å². The molecule has 3 N–H and O–H groups in total. The molecule has 0 radical (unpaired) electrons. The van der Waals surface area contributed by atoms with Gasteiger partial charge in [0, 0.05) is 13.0 Å². The van der Waals surface area contributed by atoms with Gasteiger partial charge >= 0.3 is 0 Å². The molecule has 1 aromatic carbocycles. The molecule has 0 bridgehead atoms. The van der Waals surface area contributed by atoms with E-state index in [1.54, 1.807) is 12.1 Å². The Morgan fingerprint density at radius 2 is 2.16 bits per heavy atom. The number of aliphatic hydroxyl groups excluding tert-OH is 1. The Balaban J connectivity index is 2.09. The lowest BCUT2D eigenvalue weighted by Gasteiger charge is -2.22. The van der Waals surface area contributed by atoms with Gasteiger partial charge in [0.2, 0.25) is 11.8 Å². The molecule has 1 aliphatic heterocycles. The van der Waals surface area contributed by atoms with E-state index in [1.165, 1.54) is 6.07 Å². The van der Waals surface area contributed by atoms with Gasteiger partial charge in [-0.25, -0.2) is 0 Å². The van der Waals surface area contributed by atoms with Gasteiger partial charge in [0.1, 0.15) is 11.8 Å². The molecule has 134 valence electrons. The van der Waals surface area contributed by atoms with Crippen molar-refractivity contribution < 1.29 is 29.0 Å². The van der Waals surface area contributed by atoms with Crippen LogP contribution in [-0.4, -0.2) is 48.4 Å². The Hall–Kier alpha value is -2.74. The van der Waals surface area contributed by atoms with Crippen LogP contribution in [0.4, 0.5) is 0 Å². The lowest BCUT2D eigenvalue weighted by atomic mass is 10.0.